The van der Waals surface area contributed by atoms with E-state index in [-0.39, 0.29) is 28.2 Å². The summed E-state index contributed by atoms with van der Waals surface area (Å²) in [5, 5.41) is 3.36. The first-order valence-electron chi connectivity index (χ1n) is 11.8. The molecular formula is C25H27F2N5O3. The van der Waals surface area contributed by atoms with E-state index in [4.69, 9.17) is 9.72 Å². The molecule has 2 aliphatic rings. The Kier molecular flexibility index (Phi) is 6.48. The summed E-state index contributed by atoms with van der Waals surface area (Å²) < 4.78 is 33.1. The quantitative estimate of drug-likeness (QED) is 0.419. The SMILES string of the molecule is CCC(c1nc(C=c2[nH]c(=O)c(=Cc3cc(F)ccc3F)[nH]c2=O)c(C2CC2)[nH]1)C1COCCN1. The molecule has 1 aliphatic heterocycles. The van der Waals surface area contributed by atoms with E-state index in [0.29, 0.717) is 24.8 Å². The van der Waals surface area contributed by atoms with Crippen LogP contribution in [0.2, 0.25) is 0 Å². The van der Waals surface area contributed by atoms with Gasteiger partial charge in [-0.25, -0.2) is 13.8 Å². The number of nitrogens with zero attached hydrogens (tertiary/aromatic N) is 1. The fourth-order valence-corrected chi connectivity index (χ4v) is 4.51. The average molecular weight is 484 g/mol. The number of aromatic amines is 3. The lowest BCUT2D eigenvalue weighted by Crippen LogP contribution is -2.46. The van der Waals surface area contributed by atoms with Gasteiger partial charge in [0.05, 0.1) is 18.9 Å². The summed E-state index contributed by atoms with van der Waals surface area (Å²) in [6.45, 7) is 4.18. The Morgan fingerprint density at radius 3 is 2.51 bits per heavy atom. The summed E-state index contributed by atoms with van der Waals surface area (Å²) >= 11 is 0. The van der Waals surface area contributed by atoms with Crippen molar-refractivity contribution in [1.29, 1.82) is 0 Å². The maximum absolute atomic E-state index is 14.0. The zero-order chi connectivity index (χ0) is 24.5. The van der Waals surface area contributed by atoms with E-state index < -0.39 is 22.8 Å². The first-order valence-corrected chi connectivity index (χ1v) is 11.8. The van der Waals surface area contributed by atoms with E-state index in [9.17, 15) is 18.4 Å². The number of morpholine rings is 1. The van der Waals surface area contributed by atoms with Crippen LogP contribution in [-0.2, 0) is 4.74 Å². The second-order valence-corrected chi connectivity index (χ2v) is 9.04. The maximum atomic E-state index is 14.0. The highest BCUT2D eigenvalue weighted by Gasteiger charge is 2.32. The molecule has 35 heavy (non-hydrogen) atoms. The smallest absolute Gasteiger partial charge is 0.272 e. The topological polar surface area (TPSA) is 116 Å². The molecule has 0 bridgehead atoms. The van der Waals surface area contributed by atoms with Crippen LogP contribution in [0.4, 0.5) is 8.78 Å². The third-order valence-electron chi connectivity index (χ3n) is 6.52. The molecule has 1 aliphatic carbocycles. The van der Waals surface area contributed by atoms with Crippen LogP contribution in [0.15, 0.2) is 27.8 Å². The van der Waals surface area contributed by atoms with E-state index in [1.54, 1.807) is 6.08 Å². The van der Waals surface area contributed by atoms with E-state index >= 15 is 0 Å². The number of halogens is 2. The van der Waals surface area contributed by atoms with Crippen LogP contribution in [-0.4, -0.2) is 45.7 Å². The van der Waals surface area contributed by atoms with Crippen LogP contribution in [0.1, 0.15) is 60.8 Å². The molecule has 0 radical (unpaired) electrons. The minimum absolute atomic E-state index is 0.0407. The number of hydrogen-bond acceptors (Lipinski definition) is 5. The molecule has 2 unspecified atom stereocenters. The summed E-state index contributed by atoms with van der Waals surface area (Å²) in [7, 11) is 0. The third kappa shape index (κ3) is 5.03. The van der Waals surface area contributed by atoms with Gasteiger partial charge in [-0.1, -0.05) is 6.92 Å². The van der Waals surface area contributed by atoms with Gasteiger partial charge in [0.25, 0.3) is 11.1 Å². The zero-order valence-electron chi connectivity index (χ0n) is 19.3. The molecule has 5 rings (SSSR count). The minimum atomic E-state index is -0.705. The Morgan fingerprint density at radius 1 is 1.11 bits per heavy atom. The van der Waals surface area contributed by atoms with Gasteiger partial charge in [-0.05, 0) is 49.6 Å². The fourth-order valence-electron chi connectivity index (χ4n) is 4.51. The second kappa shape index (κ2) is 9.71. The maximum Gasteiger partial charge on any atom is 0.272 e. The molecule has 2 aromatic heterocycles. The van der Waals surface area contributed by atoms with Gasteiger partial charge in [-0.2, -0.15) is 0 Å². The number of ether oxygens (including phenoxy) is 1. The Balaban J connectivity index is 1.55. The van der Waals surface area contributed by atoms with Gasteiger partial charge in [0.1, 0.15) is 28.2 Å². The minimum Gasteiger partial charge on any atom is -0.378 e. The highest BCUT2D eigenvalue weighted by Crippen LogP contribution is 2.41. The van der Waals surface area contributed by atoms with E-state index in [0.717, 1.165) is 61.6 Å². The number of imidazole rings is 1. The van der Waals surface area contributed by atoms with Gasteiger partial charge >= 0.3 is 0 Å². The molecule has 0 spiro atoms. The predicted octanol–water partition coefficient (Wildman–Crippen LogP) is 1.08. The summed E-state index contributed by atoms with van der Waals surface area (Å²) in [4.78, 5) is 38.7. The van der Waals surface area contributed by atoms with Crippen molar-refractivity contribution in [2.24, 2.45) is 0 Å². The van der Waals surface area contributed by atoms with Crippen molar-refractivity contribution in [2.45, 2.75) is 44.1 Å². The van der Waals surface area contributed by atoms with E-state index in [1.807, 2.05) is 0 Å². The Hall–Kier alpha value is -3.37. The molecule has 184 valence electrons. The third-order valence-corrected chi connectivity index (χ3v) is 6.52. The van der Waals surface area contributed by atoms with Crippen molar-refractivity contribution in [3.8, 4) is 0 Å². The van der Waals surface area contributed by atoms with Crippen LogP contribution in [0.25, 0.3) is 12.2 Å². The Bertz CT molecular complexity index is 1470. The van der Waals surface area contributed by atoms with E-state index in [1.165, 1.54) is 0 Å². The molecule has 1 saturated carbocycles. The number of benzene rings is 1. The second-order valence-electron chi connectivity index (χ2n) is 9.04. The molecule has 3 aromatic rings. The average Bonchev–Trinajstić information content (AvgIpc) is 3.61. The lowest BCUT2D eigenvalue weighted by atomic mass is 9.96. The predicted molar refractivity (Wildman–Crippen MR) is 127 cm³/mol. The van der Waals surface area contributed by atoms with Crippen molar-refractivity contribution in [2.75, 3.05) is 19.8 Å². The van der Waals surface area contributed by atoms with E-state index in [2.05, 4.69) is 27.2 Å². The molecule has 1 aromatic carbocycles. The molecule has 10 heteroatoms. The number of nitrogens with one attached hydrogen (secondary N) is 4. The number of aromatic nitrogens is 4. The standard InChI is InChI=1S/C25H27F2N5O3/c1-2-16(21-12-35-8-7-28-21)23-29-18(22(32-23)13-3-4-13)11-20-25(34)30-19(24(33)31-20)10-14-9-15(26)5-6-17(14)27/h5-6,9-11,13,16,21,28H,2-4,7-8,12H2,1H3,(H,29,32)(H,30,34)(H,31,33). The van der Waals surface area contributed by atoms with Gasteiger partial charge in [0, 0.05) is 35.7 Å². The van der Waals surface area contributed by atoms with Crippen molar-refractivity contribution < 1.29 is 13.5 Å². The summed E-state index contributed by atoms with van der Waals surface area (Å²) in [6.07, 6.45) is 5.60. The van der Waals surface area contributed by atoms with Crippen LogP contribution < -0.4 is 27.1 Å². The number of H-pyrrole nitrogens is 3. The molecule has 2 atom stereocenters. The summed E-state index contributed by atoms with van der Waals surface area (Å²) in [5.41, 5.74) is 0.243. The van der Waals surface area contributed by atoms with Crippen molar-refractivity contribution in [1.82, 2.24) is 25.3 Å². The normalized spacial score (nSPS) is 20.4. The monoisotopic (exact) mass is 483 g/mol. The van der Waals surface area contributed by atoms with Gasteiger partial charge in [-0.3, -0.25) is 9.59 Å². The lowest BCUT2D eigenvalue weighted by molar-refractivity contribution is 0.0664. The first kappa shape index (κ1) is 23.4. The van der Waals surface area contributed by atoms with Crippen LogP contribution >= 0.6 is 0 Å². The van der Waals surface area contributed by atoms with Gasteiger partial charge in [0.2, 0.25) is 0 Å². The van der Waals surface area contributed by atoms with Crippen molar-refractivity contribution in [3.63, 3.8) is 0 Å². The Labute approximate surface area is 199 Å². The highest BCUT2D eigenvalue weighted by atomic mass is 19.1. The van der Waals surface area contributed by atoms with Crippen molar-refractivity contribution in [3.05, 3.63) is 84.0 Å². The van der Waals surface area contributed by atoms with Gasteiger partial charge in [0.15, 0.2) is 0 Å². The van der Waals surface area contributed by atoms with Crippen LogP contribution in [0.3, 0.4) is 0 Å². The van der Waals surface area contributed by atoms with Crippen LogP contribution in [0.5, 0.6) is 0 Å². The van der Waals surface area contributed by atoms with Gasteiger partial charge < -0.3 is 25.0 Å². The fraction of sp³-hybridized carbons (Fsp3) is 0.400. The number of hydrogen-bond donors (Lipinski definition) is 4. The highest BCUT2D eigenvalue weighted by molar-refractivity contribution is 5.50. The lowest BCUT2D eigenvalue weighted by Gasteiger charge is -2.29. The summed E-state index contributed by atoms with van der Waals surface area (Å²) in [5.74, 6) is -0.0724. The van der Waals surface area contributed by atoms with Crippen molar-refractivity contribution >= 4 is 12.2 Å². The largest absolute Gasteiger partial charge is 0.378 e. The molecule has 0 amide bonds. The summed E-state index contributed by atoms with van der Waals surface area (Å²) in [6, 6.07) is 3.04. The molecule has 8 nitrogen and oxygen atoms in total. The Morgan fingerprint density at radius 2 is 1.86 bits per heavy atom. The molecule has 1 saturated heterocycles. The molecular weight excluding hydrogens is 456 g/mol. The first-order chi connectivity index (χ1) is 16.9. The number of rotatable bonds is 6. The molecule has 3 heterocycles. The zero-order valence-corrected chi connectivity index (χ0v) is 19.3. The molecule has 2 fully saturated rings. The van der Waals surface area contributed by atoms with Crippen LogP contribution in [0, 0.1) is 11.6 Å². The van der Waals surface area contributed by atoms with Gasteiger partial charge in [-0.15, -0.1) is 0 Å². The molecule has 4 N–H and O–H groups in total.